The minimum atomic E-state index is -3.21. The lowest BCUT2D eigenvalue weighted by molar-refractivity contribution is 0.309. The molecule has 1 atom stereocenters. The lowest BCUT2D eigenvalue weighted by atomic mass is 9.99. The number of hydrogen-bond donors (Lipinski definition) is 0. The Morgan fingerprint density at radius 3 is 2.84 bits per heavy atom. The fourth-order valence-electron chi connectivity index (χ4n) is 3.08. The first kappa shape index (κ1) is 16.9. The third-order valence-corrected chi connectivity index (χ3v) is 6.87. The van der Waals surface area contributed by atoms with Crippen LogP contribution in [0, 0.1) is 0 Å². The molecule has 1 aliphatic rings. The molecule has 0 aliphatic carbocycles. The Bertz CT molecular complexity index is 1030. The fraction of sp³-hybridized carbons (Fsp3) is 0.400. The number of nitrogens with zero attached hydrogens (tertiary/aromatic N) is 5. The molecule has 0 saturated carbocycles. The summed E-state index contributed by atoms with van der Waals surface area (Å²) in [5.41, 5.74) is 0.854. The number of aromatic nitrogens is 4. The summed E-state index contributed by atoms with van der Waals surface area (Å²) in [6.07, 6.45) is 2.91. The van der Waals surface area contributed by atoms with Crippen molar-refractivity contribution in [1.82, 2.24) is 24.1 Å². The Labute approximate surface area is 154 Å². The largest absolute Gasteiger partial charge is 0.234 e. The second-order valence-corrected chi connectivity index (χ2v) is 9.45. The van der Waals surface area contributed by atoms with Crippen molar-refractivity contribution in [3.8, 4) is 10.6 Å². The predicted molar refractivity (Wildman–Crippen MR) is 97.5 cm³/mol. The summed E-state index contributed by atoms with van der Waals surface area (Å²) in [6.45, 7) is 0.970. The molecule has 3 aromatic rings. The Hall–Kier alpha value is -1.55. The maximum atomic E-state index is 11.8. The highest BCUT2D eigenvalue weighted by atomic mass is 35.5. The Morgan fingerprint density at radius 1 is 1.28 bits per heavy atom. The SMILES string of the molecule is CS(=O)(=O)N1CCCC(c2nnc3sc(-c4ccccc4Cl)nn23)C1. The fourth-order valence-corrected chi connectivity index (χ4v) is 5.16. The maximum Gasteiger partial charge on any atom is 0.234 e. The van der Waals surface area contributed by atoms with Crippen LogP contribution in [0.3, 0.4) is 0 Å². The van der Waals surface area contributed by atoms with Gasteiger partial charge in [-0.1, -0.05) is 41.1 Å². The molecule has 0 spiro atoms. The van der Waals surface area contributed by atoms with Crippen molar-refractivity contribution >= 4 is 37.9 Å². The van der Waals surface area contributed by atoms with Crippen LogP contribution in [0.15, 0.2) is 24.3 Å². The summed E-state index contributed by atoms with van der Waals surface area (Å²) in [6, 6.07) is 7.53. The van der Waals surface area contributed by atoms with Gasteiger partial charge in [0.15, 0.2) is 5.82 Å². The average molecular weight is 398 g/mol. The summed E-state index contributed by atoms with van der Waals surface area (Å²) < 4.78 is 26.9. The molecule has 1 fully saturated rings. The van der Waals surface area contributed by atoms with E-state index in [1.807, 2.05) is 24.3 Å². The summed E-state index contributed by atoms with van der Waals surface area (Å²) in [5, 5.41) is 14.5. The van der Waals surface area contributed by atoms with Gasteiger partial charge in [0.05, 0.1) is 11.3 Å². The molecule has 0 N–H and O–H groups in total. The smallest absolute Gasteiger partial charge is 0.213 e. The van der Waals surface area contributed by atoms with E-state index in [0.29, 0.717) is 28.9 Å². The van der Waals surface area contributed by atoms with E-state index < -0.39 is 10.0 Å². The molecule has 0 bridgehead atoms. The van der Waals surface area contributed by atoms with Crippen molar-refractivity contribution in [2.45, 2.75) is 18.8 Å². The third kappa shape index (κ3) is 3.17. The van der Waals surface area contributed by atoms with Gasteiger partial charge in [0.2, 0.25) is 15.0 Å². The van der Waals surface area contributed by atoms with Gasteiger partial charge in [-0.3, -0.25) is 0 Å². The Morgan fingerprint density at radius 2 is 2.08 bits per heavy atom. The van der Waals surface area contributed by atoms with Crippen molar-refractivity contribution in [1.29, 1.82) is 0 Å². The van der Waals surface area contributed by atoms with Crippen LogP contribution in [-0.4, -0.2) is 51.9 Å². The lowest BCUT2D eigenvalue weighted by Gasteiger charge is -2.29. The highest BCUT2D eigenvalue weighted by Gasteiger charge is 2.30. The highest BCUT2D eigenvalue weighted by Crippen LogP contribution is 2.33. The zero-order valence-corrected chi connectivity index (χ0v) is 15.9. The highest BCUT2D eigenvalue weighted by molar-refractivity contribution is 7.88. The molecule has 1 saturated heterocycles. The molecule has 1 aromatic carbocycles. The number of hydrogen-bond acceptors (Lipinski definition) is 6. The number of benzene rings is 1. The van der Waals surface area contributed by atoms with Crippen molar-refractivity contribution < 1.29 is 8.42 Å². The van der Waals surface area contributed by atoms with Gasteiger partial charge in [-0.15, -0.1) is 10.2 Å². The molecule has 1 aliphatic heterocycles. The van der Waals surface area contributed by atoms with Crippen molar-refractivity contribution in [2.75, 3.05) is 19.3 Å². The van der Waals surface area contributed by atoms with E-state index >= 15 is 0 Å². The average Bonchev–Trinajstić information content (AvgIpc) is 3.15. The lowest BCUT2D eigenvalue weighted by Crippen LogP contribution is -2.38. The van der Waals surface area contributed by atoms with E-state index in [1.165, 1.54) is 21.9 Å². The zero-order valence-electron chi connectivity index (χ0n) is 13.5. The van der Waals surface area contributed by atoms with Gasteiger partial charge in [-0.05, 0) is 18.9 Å². The van der Waals surface area contributed by atoms with Gasteiger partial charge < -0.3 is 0 Å². The van der Waals surface area contributed by atoms with Crippen molar-refractivity contribution in [3.63, 3.8) is 0 Å². The minimum Gasteiger partial charge on any atom is -0.213 e. The molecule has 25 heavy (non-hydrogen) atoms. The molecular weight excluding hydrogens is 382 g/mol. The van der Waals surface area contributed by atoms with Crippen LogP contribution in [0.1, 0.15) is 24.6 Å². The molecule has 3 heterocycles. The molecule has 132 valence electrons. The van der Waals surface area contributed by atoms with E-state index in [-0.39, 0.29) is 5.92 Å². The molecule has 0 radical (unpaired) electrons. The first-order valence-corrected chi connectivity index (χ1v) is 10.9. The minimum absolute atomic E-state index is 0.0142. The summed E-state index contributed by atoms with van der Waals surface area (Å²) >= 11 is 7.68. The Kier molecular flexibility index (Phi) is 4.27. The first-order valence-electron chi connectivity index (χ1n) is 7.85. The molecule has 7 nitrogen and oxygen atoms in total. The van der Waals surface area contributed by atoms with Crippen LogP contribution in [0.2, 0.25) is 5.02 Å². The van der Waals surface area contributed by atoms with Crippen molar-refractivity contribution in [3.05, 3.63) is 35.1 Å². The summed E-state index contributed by atoms with van der Waals surface area (Å²) in [5.74, 6) is 0.692. The van der Waals surface area contributed by atoms with E-state index in [0.717, 1.165) is 23.4 Å². The van der Waals surface area contributed by atoms with Crippen molar-refractivity contribution in [2.24, 2.45) is 0 Å². The van der Waals surface area contributed by atoms with Gasteiger partial charge in [-0.25, -0.2) is 12.7 Å². The number of piperidine rings is 1. The van der Waals surface area contributed by atoms with Crippen LogP contribution in [-0.2, 0) is 10.0 Å². The number of rotatable bonds is 3. The van der Waals surface area contributed by atoms with Gasteiger partial charge in [-0.2, -0.15) is 9.61 Å². The second kappa shape index (κ2) is 6.31. The topological polar surface area (TPSA) is 80.5 Å². The molecular formula is C15H16ClN5O2S2. The standard InChI is InChI=1S/C15H16ClN5O2S2/c1-25(22,23)20-8-4-5-10(9-20)13-17-18-15-21(13)19-14(24-15)11-6-2-3-7-12(11)16/h2-3,6-7,10H,4-5,8-9H2,1H3. The third-order valence-electron chi connectivity index (χ3n) is 4.34. The van der Waals surface area contributed by atoms with Crippen LogP contribution in [0.4, 0.5) is 0 Å². The molecule has 1 unspecified atom stereocenters. The van der Waals surface area contributed by atoms with Crippen LogP contribution in [0.5, 0.6) is 0 Å². The first-order chi connectivity index (χ1) is 11.9. The summed E-state index contributed by atoms with van der Waals surface area (Å²) in [4.78, 5) is 0.682. The van der Waals surface area contributed by atoms with Gasteiger partial charge in [0.1, 0.15) is 5.01 Å². The van der Waals surface area contributed by atoms with E-state index in [4.69, 9.17) is 11.6 Å². The zero-order chi connectivity index (χ0) is 17.6. The number of halogens is 1. The predicted octanol–water partition coefficient (Wildman–Crippen LogP) is 2.65. The number of fused-ring (bicyclic) bond motifs is 1. The van der Waals surface area contributed by atoms with Gasteiger partial charge in [0.25, 0.3) is 0 Å². The molecule has 10 heteroatoms. The van der Waals surface area contributed by atoms with Gasteiger partial charge >= 0.3 is 0 Å². The monoisotopic (exact) mass is 397 g/mol. The van der Waals surface area contributed by atoms with E-state index in [9.17, 15) is 8.42 Å². The molecule has 0 amide bonds. The van der Waals surface area contributed by atoms with E-state index in [2.05, 4.69) is 15.3 Å². The quantitative estimate of drug-likeness (QED) is 0.678. The molecule has 2 aromatic heterocycles. The Balaban J connectivity index is 1.71. The van der Waals surface area contributed by atoms with Crippen LogP contribution in [0.25, 0.3) is 15.5 Å². The van der Waals surface area contributed by atoms with Crippen LogP contribution >= 0.6 is 22.9 Å². The number of sulfonamides is 1. The van der Waals surface area contributed by atoms with Crippen LogP contribution < -0.4 is 0 Å². The normalized spacial score (nSPS) is 19.5. The van der Waals surface area contributed by atoms with E-state index in [1.54, 1.807) is 4.52 Å². The maximum absolute atomic E-state index is 11.8. The van der Waals surface area contributed by atoms with Gasteiger partial charge in [0, 0.05) is 24.6 Å². The molecule has 4 rings (SSSR count). The summed E-state index contributed by atoms with van der Waals surface area (Å²) in [7, 11) is -3.21. The second-order valence-electron chi connectivity index (χ2n) is 6.10.